The van der Waals surface area contributed by atoms with E-state index in [9.17, 15) is 8.78 Å². The van der Waals surface area contributed by atoms with Crippen molar-refractivity contribution in [3.63, 3.8) is 0 Å². The normalized spacial score (nSPS) is 14.0. The first-order chi connectivity index (χ1) is 13.7. The van der Waals surface area contributed by atoms with Crippen LogP contribution in [0.3, 0.4) is 0 Å². The summed E-state index contributed by atoms with van der Waals surface area (Å²) in [5.41, 5.74) is 1.81. The van der Waals surface area contributed by atoms with Crippen LogP contribution >= 0.6 is 0 Å². The minimum Gasteiger partial charge on any atom is -0.372 e. The van der Waals surface area contributed by atoms with E-state index < -0.39 is 11.6 Å². The van der Waals surface area contributed by atoms with Crippen molar-refractivity contribution < 1.29 is 8.78 Å². The molecule has 1 fully saturated rings. The summed E-state index contributed by atoms with van der Waals surface area (Å²) < 4.78 is 27.6. The van der Waals surface area contributed by atoms with Crippen LogP contribution in [0.4, 0.5) is 37.6 Å². The third-order valence-corrected chi connectivity index (χ3v) is 4.72. The first-order valence-corrected chi connectivity index (χ1v) is 9.35. The summed E-state index contributed by atoms with van der Waals surface area (Å²) in [4.78, 5) is 10.8. The van der Waals surface area contributed by atoms with E-state index in [1.165, 1.54) is 49.3 Å². The predicted molar refractivity (Wildman–Crippen MR) is 107 cm³/mol. The maximum atomic E-state index is 13.8. The number of hydrogen-bond acceptors (Lipinski definition) is 5. The van der Waals surface area contributed by atoms with E-state index in [1.807, 2.05) is 12.1 Å². The molecule has 28 heavy (non-hydrogen) atoms. The molecule has 0 unspecified atom stereocenters. The fourth-order valence-electron chi connectivity index (χ4n) is 3.27. The SMILES string of the molecule is Fc1cccc(F)c1Nc1ccnc(Nc2ccc(N3CCCCC3)cc2)n1. The smallest absolute Gasteiger partial charge is 0.229 e. The Morgan fingerprint density at radius 2 is 1.54 bits per heavy atom. The molecule has 1 aromatic heterocycles. The fourth-order valence-corrected chi connectivity index (χ4v) is 3.27. The van der Waals surface area contributed by atoms with Crippen molar-refractivity contribution in [2.75, 3.05) is 28.6 Å². The third kappa shape index (κ3) is 4.19. The second kappa shape index (κ2) is 8.21. The molecule has 0 amide bonds. The lowest BCUT2D eigenvalue weighted by atomic mass is 10.1. The number of aromatic nitrogens is 2. The van der Waals surface area contributed by atoms with Crippen molar-refractivity contribution in [1.29, 1.82) is 0 Å². The lowest BCUT2D eigenvalue weighted by Gasteiger charge is -2.28. The molecule has 2 aromatic carbocycles. The molecule has 5 nitrogen and oxygen atoms in total. The van der Waals surface area contributed by atoms with Gasteiger partial charge in [0.25, 0.3) is 0 Å². The highest BCUT2D eigenvalue weighted by atomic mass is 19.1. The average Bonchev–Trinajstić information content (AvgIpc) is 2.72. The van der Waals surface area contributed by atoms with Gasteiger partial charge >= 0.3 is 0 Å². The Bertz CT molecular complexity index is 920. The number of halogens is 2. The molecule has 0 aliphatic carbocycles. The second-order valence-electron chi connectivity index (χ2n) is 6.71. The molecule has 1 aliphatic heterocycles. The summed E-state index contributed by atoms with van der Waals surface area (Å²) in [5.74, 6) is -0.721. The molecule has 1 saturated heterocycles. The zero-order chi connectivity index (χ0) is 19.3. The minimum absolute atomic E-state index is 0.238. The molecule has 7 heteroatoms. The number of piperidine rings is 1. The van der Waals surface area contributed by atoms with Crippen molar-refractivity contribution in [1.82, 2.24) is 9.97 Å². The van der Waals surface area contributed by atoms with Crippen molar-refractivity contribution >= 4 is 28.8 Å². The number of para-hydroxylation sites is 1. The monoisotopic (exact) mass is 381 g/mol. The lowest BCUT2D eigenvalue weighted by Crippen LogP contribution is -2.29. The van der Waals surface area contributed by atoms with Crippen LogP contribution in [0.1, 0.15) is 19.3 Å². The summed E-state index contributed by atoms with van der Waals surface area (Å²) >= 11 is 0. The molecule has 0 bridgehead atoms. The first kappa shape index (κ1) is 18.2. The Balaban J connectivity index is 1.46. The highest BCUT2D eigenvalue weighted by molar-refractivity contribution is 5.62. The van der Waals surface area contributed by atoms with E-state index in [0.717, 1.165) is 18.8 Å². The van der Waals surface area contributed by atoms with Gasteiger partial charge in [-0.3, -0.25) is 0 Å². The largest absolute Gasteiger partial charge is 0.372 e. The quantitative estimate of drug-likeness (QED) is 0.634. The maximum absolute atomic E-state index is 13.8. The summed E-state index contributed by atoms with van der Waals surface area (Å²) in [6, 6.07) is 13.3. The van der Waals surface area contributed by atoms with E-state index in [2.05, 4.69) is 37.6 Å². The van der Waals surface area contributed by atoms with Crippen LogP contribution in [0.25, 0.3) is 0 Å². The van der Waals surface area contributed by atoms with Gasteiger partial charge in [0.2, 0.25) is 5.95 Å². The van der Waals surface area contributed by atoms with E-state index in [1.54, 1.807) is 6.07 Å². The number of hydrogen-bond donors (Lipinski definition) is 2. The number of nitrogens with one attached hydrogen (secondary N) is 2. The Morgan fingerprint density at radius 3 is 2.25 bits per heavy atom. The van der Waals surface area contributed by atoms with Gasteiger partial charge in [-0.1, -0.05) is 6.07 Å². The predicted octanol–water partition coefficient (Wildman–Crippen LogP) is 5.23. The summed E-state index contributed by atoms with van der Waals surface area (Å²) in [7, 11) is 0. The van der Waals surface area contributed by atoms with Crippen LogP contribution in [0.15, 0.2) is 54.7 Å². The van der Waals surface area contributed by atoms with Crippen molar-refractivity contribution in [2.24, 2.45) is 0 Å². The van der Waals surface area contributed by atoms with Gasteiger partial charge < -0.3 is 15.5 Å². The molecule has 1 aliphatic rings. The van der Waals surface area contributed by atoms with Gasteiger partial charge in [0, 0.05) is 30.7 Å². The summed E-state index contributed by atoms with van der Waals surface area (Å²) in [6.45, 7) is 2.19. The first-order valence-electron chi connectivity index (χ1n) is 9.35. The summed E-state index contributed by atoms with van der Waals surface area (Å²) in [5, 5.41) is 5.79. The molecule has 144 valence electrons. The van der Waals surface area contributed by atoms with Gasteiger partial charge in [-0.25, -0.2) is 13.8 Å². The van der Waals surface area contributed by atoms with Crippen LogP contribution in [-0.2, 0) is 0 Å². The number of nitrogens with zero attached hydrogens (tertiary/aromatic N) is 3. The minimum atomic E-state index is -0.679. The third-order valence-electron chi connectivity index (χ3n) is 4.72. The molecule has 0 saturated carbocycles. The van der Waals surface area contributed by atoms with Gasteiger partial charge in [-0.2, -0.15) is 4.98 Å². The Kier molecular flexibility index (Phi) is 5.32. The highest BCUT2D eigenvalue weighted by Crippen LogP contribution is 2.25. The van der Waals surface area contributed by atoms with Crippen molar-refractivity contribution in [3.05, 3.63) is 66.4 Å². The molecule has 4 rings (SSSR count). The van der Waals surface area contributed by atoms with E-state index in [0.29, 0.717) is 11.8 Å². The topological polar surface area (TPSA) is 53.1 Å². The van der Waals surface area contributed by atoms with E-state index in [-0.39, 0.29) is 5.69 Å². The lowest BCUT2D eigenvalue weighted by molar-refractivity contribution is 0.578. The average molecular weight is 381 g/mol. The standard InChI is InChI=1S/C21H21F2N5/c22-17-5-4-6-18(23)20(17)26-19-11-12-24-21(27-19)25-15-7-9-16(10-8-15)28-13-2-1-3-14-28/h4-12H,1-3,13-14H2,(H2,24,25,26,27). The Labute approximate surface area is 162 Å². The molecular formula is C21H21F2N5. The van der Waals surface area contributed by atoms with E-state index in [4.69, 9.17) is 0 Å². The van der Waals surface area contributed by atoms with Gasteiger partial charge in [-0.05, 0) is 61.7 Å². The molecule has 0 radical (unpaired) electrons. The maximum Gasteiger partial charge on any atom is 0.229 e. The van der Waals surface area contributed by atoms with Crippen LogP contribution in [0.5, 0.6) is 0 Å². The molecule has 3 aromatic rings. The number of rotatable bonds is 5. The molecule has 0 spiro atoms. The fraction of sp³-hybridized carbons (Fsp3) is 0.238. The highest BCUT2D eigenvalue weighted by Gasteiger charge is 2.11. The van der Waals surface area contributed by atoms with Crippen LogP contribution in [-0.4, -0.2) is 23.1 Å². The van der Waals surface area contributed by atoms with Crippen molar-refractivity contribution in [3.8, 4) is 0 Å². The summed E-state index contributed by atoms with van der Waals surface area (Å²) in [6.07, 6.45) is 5.29. The Hall–Kier alpha value is -3.22. The van der Waals surface area contributed by atoms with Gasteiger partial charge in [0.1, 0.15) is 23.1 Å². The van der Waals surface area contributed by atoms with Crippen LogP contribution in [0, 0.1) is 11.6 Å². The van der Waals surface area contributed by atoms with Gasteiger partial charge in [-0.15, -0.1) is 0 Å². The molecule has 2 N–H and O–H groups in total. The van der Waals surface area contributed by atoms with Gasteiger partial charge in [0.15, 0.2) is 0 Å². The zero-order valence-corrected chi connectivity index (χ0v) is 15.3. The molecular weight excluding hydrogens is 360 g/mol. The number of anilines is 5. The van der Waals surface area contributed by atoms with Crippen LogP contribution in [0.2, 0.25) is 0 Å². The second-order valence-corrected chi connectivity index (χ2v) is 6.71. The zero-order valence-electron chi connectivity index (χ0n) is 15.3. The van der Waals surface area contributed by atoms with Gasteiger partial charge in [0.05, 0.1) is 0 Å². The van der Waals surface area contributed by atoms with Crippen LogP contribution < -0.4 is 15.5 Å². The van der Waals surface area contributed by atoms with Crippen molar-refractivity contribution in [2.45, 2.75) is 19.3 Å². The Morgan fingerprint density at radius 1 is 0.821 bits per heavy atom. The van der Waals surface area contributed by atoms with E-state index >= 15 is 0 Å². The molecule has 0 atom stereocenters. The number of benzene rings is 2. The molecule has 2 heterocycles.